The standard InChI is InChI=1S/C26H48N2O2S/c1-4-6-7-8-9-10-11-12-13-14-19-27-20-15-16-21-31-26-24(5-2)30-22(3)23-17-18-25(29)28(23)26/h5,22-24,26-27H,2,4,6-21H2,1,3H3. The molecule has 0 bridgehead atoms. The number of thioether (sulfide) groups is 1. The van der Waals surface area contributed by atoms with Gasteiger partial charge in [0.2, 0.25) is 5.91 Å². The van der Waals surface area contributed by atoms with Crippen LogP contribution in [0.5, 0.6) is 0 Å². The molecule has 0 aliphatic carbocycles. The third-order valence-electron chi connectivity index (χ3n) is 6.74. The largest absolute Gasteiger partial charge is 0.366 e. The Hall–Kier alpha value is -0.520. The average molecular weight is 453 g/mol. The SMILES string of the molecule is C=CC1OC(C)C2CCC(=O)N2C1SCCCCNCCCCCCCCCCCC. The number of rotatable bonds is 18. The summed E-state index contributed by atoms with van der Waals surface area (Å²) in [4.78, 5) is 14.5. The molecule has 2 aliphatic rings. The van der Waals surface area contributed by atoms with Crippen molar-refractivity contribution < 1.29 is 9.53 Å². The summed E-state index contributed by atoms with van der Waals surface area (Å²) in [6, 6.07) is 0.254. The molecule has 4 unspecified atom stereocenters. The van der Waals surface area contributed by atoms with Crippen LogP contribution in [0.25, 0.3) is 0 Å². The number of amides is 1. The molecule has 180 valence electrons. The van der Waals surface area contributed by atoms with Gasteiger partial charge >= 0.3 is 0 Å². The van der Waals surface area contributed by atoms with Crippen LogP contribution in [0.3, 0.4) is 0 Å². The predicted octanol–water partition coefficient (Wildman–Crippen LogP) is 6.30. The Balaban J connectivity index is 1.44. The topological polar surface area (TPSA) is 41.6 Å². The van der Waals surface area contributed by atoms with Crippen LogP contribution in [0.4, 0.5) is 0 Å². The lowest BCUT2D eigenvalue weighted by atomic mass is 10.1. The van der Waals surface area contributed by atoms with Crippen LogP contribution in [-0.4, -0.2) is 53.3 Å². The first-order valence-corrected chi connectivity index (χ1v) is 14.2. The fourth-order valence-electron chi connectivity index (χ4n) is 4.85. The smallest absolute Gasteiger partial charge is 0.223 e. The van der Waals surface area contributed by atoms with Crippen LogP contribution in [0.2, 0.25) is 0 Å². The van der Waals surface area contributed by atoms with Crippen LogP contribution in [0.1, 0.15) is 104 Å². The van der Waals surface area contributed by atoms with Crippen molar-refractivity contribution in [2.75, 3.05) is 18.8 Å². The number of carbonyl (C=O) groups is 1. The van der Waals surface area contributed by atoms with Crippen molar-refractivity contribution in [3.63, 3.8) is 0 Å². The number of nitrogens with zero attached hydrogens (tertiary/aromatic N) is 1. The third kappa shape index (κ3) is 9.47. The molecule has 0 radical (unpaired) electrons. The number of morpholine rings is 1. The van der Waals surface area contributed by atoms with E-state index < -0.39 is 0 Å². The summed E-state index contributed by atoms with van der Waals surface area (Å²) < 4.78 is 6.14. The zero-order valence-corrected chi connectivity index (χ0v) is 21.1. The van der Waals surface area contributed by atoms with E-state index in [1.807, 2.05) is 17.8 Å². The fourth-order valence-corrected chi connectivity index (χ4v) is 6.26. The van der Waals surface area contributed by atoms with Crippen molar-refractivity contribution in [3.05, 3.63) is 12.7 Å². The molecule has 2 heterocycles. The van der Waals surface area contributed by atoms with Crippen molar-refractivity contribution in [3.8, 4) is 0 Å². The molecule has 0 spiro atoms. The number of carbonyl (C=O) groups excluding carboxylic acids is 1. The first-order chi connectivity index (χ1) is 15.2. The molecule has 2 aliphatic heterocycles. The van der Waals surface area contributed by atoms with E-state index in [2.05, 4.69) is 30.6 Å². The van der Waals surface area contributed by atoms with Gasteiger partial charge in [-0.15, -0.1) is 18.3 Å². The second-order valence-electron chi connectivity index (χ2n) is 9.35. The fraction of sp³-hybridized carbons (Fsp3) is 0.885. The summed E-state index contributed by atoms with van der Waals surface area (Å²) in [7, 11) is 0. The minimum Gasteiger partial charge on any atom is -0.366 e. The Bertz CT molecular complexity index is 502. The molecule has 2 saturated heterocycles. The summed E-state index contributed by atoms with van der Waals surface area (Å²) >= 11 is 1.88. The highest BCUT2D eigenvalue weighted by Gasteiger charge is 2.46. The van der Waals surface area contributed by atoms with Gasteiger partial charge in [0.15, 0.2) is 0 Å². The molecule has 2 fully saturated rings. The second-order valence-corrected chi connectivity index (χ2v) is 10.6. The molecular weight excluding hydrogens is 404 g/mol. The number of fused-ring (bicyclic) bond motifs is 1. The highest BCUT2D eigenvalue weighted by atomic mass is 32.2. The van der Waals surface area contributed by atoms with E-state index in [1.165, 1.54) is 77.0 Å². The first-order valence-electron chi connectivity index (χ1n) is 13.1. The van der Waals surface area contributed by atoms with Gasteiger partial charge in [0, 0.05) is 6.42 Å². The molecule has 0 aromatic rings. The van der Waals surface area contributed by atoms with Gasteiger partial charge in [0.05, 0.1) is 12.1 Å². The third-order valence-corrected chi connectivity index (χ3v) is 8.11. The zero-order chi connectivity index (χ0) is 22.3. The van der Waals surface area contributed by atoms with Crippen molar-refractivity contribution in [1.29, 1.82) is 0 Å². The van der Waals surface area contributed by atoms with E-state index in [-0.39, 0.29) is 23.6 Å². The molecule has 5 heteroatoms. The van der Waals surface area contributed by atoms with Gasteiger partial charge in [-0.25, -0.2) is 0 Å². The normalized spacial score (nSPS) is 25.7. The van der Waals surface area contributed by atoms with Crippen LogP contribution < -0.4 is 5.32 Å². The van der Waals surface area contributed by atoms with E-state index in [4.69, 9.17) is 4.74 Å². The Labute approximate surface area is 196 Å². The summed E-state index contributed by atoms with van der Waals surface area (Å²) in [6.45, 7) is 10.6. The zero-order valence-electron chi connectivity index (χ0n) is 20.3. The number of unbranched alkanes of at least 4 members (excludes halogenated alkanes) is 10. The first kappa shape index (κ1) is 26.7. The van der Waals surface area contributed by atoms with Crippen molar-refractivity contribution in [1.82, 2.24) is 10.2 Å². The molecule has 1 amide bonds. The number of ether oxygens (including phenoxy) is 1. The lowest BCUT2D eigenvalue weighted by Gasteiger charge is -2.45. The van der Waals surface area contributed by atoms with Gasteiger partial charge in [0.25, 0.3) is 0 Å². The van der Waals surface area contributed by atoms with Crippen LogP contribution in [0, 0.1) is 0 Å². The highest BCUT2D eigenvalue weighted by Crippen LogP contribution is 2.37. The minimum atomic E-state index is -0.0484. The average Bonchev–Trinajstić information content (AvgIpc) is 3.16. The minimum absolute atomic E-state index is 0.0484. The molecule has 0 aromatic carbocycles. The van der Waals surface area contributed by atoms with E-state index >= 15 is 0 Å². The predicted molar refractivity (Wildman–Crippen MR) is 135 cm³/mol. The van der Waals surface area contributed by atoms with E-state index in [0.29, 0.717) is 12.3 Å². The van der Waals surface area contributed by atoms with Gasteiger partial charge in [-0.2, -0.15) is 0 Å². The van der Waals surface area contributed by atoms with Gasteiger partial charge < -0.3 is 15.0 Å². The molecule has 4 atom stereocenters. The second kappa shape index (κ2) is 16.1. The maximum absolute atomic E-state index is 12.4. The number of nitrogens with one attached hydrogen (secondary N) is 1. The molecule has 31 heavy (non-hydrogen) atoms. The van der Waals surface area contributed by atoms with E-state index in [0.717, 1.165) is 25.3 Å². The number of hydrogen-bond donors (Lipinski definition) is 1. The van der Waals surface area contributed by atoms with Gasteiger partial charge in [-0.05, 0) is 51.4 Å². The quantitative estimate of drug-likeness (QED) is 0.196. The monoisotopic (exact) mass is 452 g/mol. The molecule has 0 aromatic heterocycles. The molecule has 1 N–H and O–H groups in total. The number of hydrogen-bond acceptors (Lipinski definition) is 4. The van der Waals surface area contributed by atoms with Gasteiger partial charge in [-0.1, -0.05) is 70.8 Å². The van der Waals surface area contributed by atoms with Crippen LogP contribution in [-0.2, 0) is 9.53 Å². The summed E-state index contributed by atoms with van der Waals surface area (Å²) in [5.41, 5.74) is 0. The lowest BCUT2D eigenvalue weighted by Crippen LogP contribution is -2.56. The van der Waals surface area contributed by atoms with E-state index in [9.17, 15) is 4.79 Å². The molecule has 2 rings (SSSR count). The van der Waals surface area contributed by atoms with Crippen molar-refractivity contribution in [2.24, 2.45) is 0 Å². The van der Waals surface area contributed by atoms with Crippen LogP contribution in [0.15, 0.2) is 12.7 Å². The molecule has 4 nitrogen and oxygen atoms in total. The Kier molecular flexibility index (Phi) is 13.9. The molecule has 0 saturated carbocycles. The van der Waals surface area contributed by atoms with Crippen molar-refractivity contribution >= 4 is 17.7 Å². The highest BCUT2D eigenvalue weighted by molar-refractivity contribution is 7.99. The van der Waals surface area contributed by atoms with Crippen LogP contribution >= 0.6 is 11.8 Å². The summed E-state index contributed by atoms with van der Waals surface area (Å²) in [5.74, 6) is 1.37. The Morgan fingerprint density at radius 1 is 1.03 bits per heavy atom. The summed E-state index contributed by atoms with van der Waals surface area (Å²) in [6.07, 6.45) is 19.9. The summed E-state index contributed by atoms with van der Waals surface area (Å²) in [5, 5.41) is 3.71. The van der Waals surface area contributed by atoms with Gasteiger partial charge in [-0.3, -0.25) is 4.79 Å². The maximum atomic E-state index is 12.4. The van der Waals surface area contributed by atoms with E-state index in [1.54, 1.807) is 0 Å². The lowest BCUT2D eigenvalue weighted by molar-refractivity contribution is -0.144. The Morgan fingerprint density at radius 3 is 2.29 bits per heavy atom. The Morgan fingerprint density at radius 2 is 1.65 bits per heavy atom. The maximum Gasteiger partial charge on any atom is 0.223 e. The molecular formula is C26H48N2O2S. The van der Waals surface area contributed by atoms with Crippen molar-refractivity contribution in [2.45, 2.75) is 127 Å². The van der Waals surface area contributed by atoms with Gasteiger partial charge in [0.1, 0.15) is 11.5 Å².